The zero-order valence-corrected chi connectivity index (χ0v) is 22.6. The van der Waals surface area contributed by atoms with Crippen molar-refractivity contribution < 1.29 is 9.47 Å². The van der Waals surface area contributed by atoms with Crippen LogP contribution in [0.25, 0.3) is 0 Å². The fraction of sp³-hybridized carbons (Fsp3) is 0.278. The van der Waals surface area contributed by atoms with E-state index in [1.807, 2.05) is 0 Å². The minimum atomic E-state index is -0.467. The zero-order chi connectivity index (χ0) is 26.8. The molecule has 40 heavy (non-hydrogen) atoms. The molecule has 0 bridgehead atoms. The van der Waals surface area contributed by atoms with Crippen LogP contribution in [-0.4, -0.2) is 11.8 Å². The first-order valence-corrected chi connectivity index (χ1v) is 14.5. The highest BCUT2D eigenvalue weighted by molar-refractivity contribution is 6.06. The Kier molecular flexibility index (Phi) is 6.68. The van der Waals surface area contributed by atoms with Crippen molar-refractivity contribution in [3.63, 3.8) is 0 Å². The summed E-state index contributed by atoms with van der Waals surface area (Å²) in [6.45, 7) is 0. The summed E-state index contributed by atoms with van der Waals surface area (Å²) in [6.07, 6.45) is 4.89. The number of nitrogens with zero attached hydrogens (tertiary/aromatic N) is 2. The van der Waals surface area contributed by atoms with E-state index in [9.17, 15) is 0 Å². The molecular formula is C36H34N2O2. The molecule has 4 aromatic rings. The van der Waals surface area contributed by atoms with Gasteiger partial charge in [0.25, 0.3) is 0 Å². The smallest absolute Gasteiger partial charge is 0.200 e. The molecule has 4 heteroatoms. The standard InChI is InChI=1S/C36H34N2O2/c1-6-16-26(17-7-1)30-32(28-20-10-3-11-21-28)39-34(37-30)36(24-14-5-15-25-36)35-38-31(27-18-8-2-9-19-27)33(40-35)29-22-12-4-13-23-29/h1-4,6-13,16-23,30-33H,5,14-15,24-25H2/t30-,31-,32+,33+/m0/s1. The highest BCUT2D eigenvalue weighted by Gasteiger charge is 2.53. The van der Waals surface area contributed by atoms with E-state index in [0.29, 0.717) is 0 Å². The summed E-state index contributed by atoms with van der Waals surface area (Å²) < 4.78 is 13.9. The Morgan fingerprint density at radius 1 is 0.450 bits per heavy atom. The first-order valence-electron chi connectivity index (χ1n) is 14.5. The van der Waals surface area contributed by atoms with Gasteiger partial charge in [-0.2, -0.15) is 0 Å². The predicted molar refractivity (Wildman–Crippen MR) is 159 cm³/mol. The first-order chi connectivity index (χ1) is 19.8. The van der Waals surface area contributed by atoms with Gasteiger partial charge in [0.15, 0.2) is 12.2 Å². The summed E-state index contributed by atoms with van der Waals surface area (Å²) in [6, 6.07) is 41.8. The molecule has 0 N–H and O–H groups in total. The van der Waals surface area contributed by atoms with Gasteiger partial charge in [0.05, 0.1) is 0 Å². The van der Waals surface area contributed by atoms with Crippen molar-refractivity contribution in [2.45, 2.75) is 56.4 Å². The van der Waals surface area contributed by atoms with E-state index in [4.69, 9.17) is 19.5 Å². The van der Waals surface area contributed by atoms with Crippen molar-refractivity contribution in [3.05, 3.63) is 144 Å². The Bertz CT molecular complexity index is 1370. The van der Waals surface area contributed by atoms with Crippen LogP contribution < -0.4 is 0 Å². The average molecular weight is 527 g/mol. The van der Waals surface area contributed by atoms with Crippen LogP contribution in [0.1, 0.15) is 78.6 Å². The van der Waals surface area contributed by atoms with Gasteiger partial charge in [-0.05, 0) is 35.1 Å². The maximum atomic E-state index is 6.94. The van der Waals surface area contributed by atoms with Gasteiger partial charge >= 0.3 is 0 Å². The van der Waals surface area contributed by atoms with E-state index in [1.165, 1.54) is 6.42 Å². The molecule has 0 unspecified atom stereocenters. The van der Waals surface area contributed by atoms with Gasteiger partial charge in [-0.3, -0.25) is 0 Å². The van der Waals surface area contributed by atoms with Crippen molar-refractivity contribution in [1.82, 2.24) is 0 Å². The van der Waals surface area contributed by atoms with Crippen LogP contribution in [0.3, 0.4) is 0 Å². The van der Waals surface area contributed by atoms with E-state index in [1.54, 1.807) is 0 Å². The van der Waals surface area contributed by atoms with Gasteiger partial charge in [-0.25, -0.2) is 9.98 Å². The Morgan fingerprint density at radius 3 is 1.18 bits per heavy atom. The highest BCUT2D eigenvalue weighted by Crippen LogP contribution is 2.52. The molecule has 4 aromatic carbocycles. The van der Waals surface area contributed by atoms with Gasteiger partial charge in [0.1, 0.15) is 17.5 Å². The summed E-state index contributed by atoms with van der Waals surface area (Å²) in [5, 5.41) is 0. The van der Waals surface area contributed by atoms with Crippen LogP contribution in [0.2, 0.25) is 0 Å². The van der Waals surface area contributed by atoms with Crippen LogP contribution in [-0.2, 0) is 9.47 Å². The number of aliphatic imine (C=N–C) groups is 2. The number of ether oxygens (including phenoxy) is 2. The summed E-state index contributed by atoms with van der Waals surface area (Å²) in [7, 11) is 0. The molecule has 0 aromatic heterocycles. The summed E-state index contributed by atoms with van der Waals surface area (Å²) in [4.78, 5) is 10.8. The van der Waals surface area contributed by atoms with Crippen LogP contribution in [0.4, 0.5) is 0 Å². The molecule has 0 saturated heterocycles. The Hall–Kier alpha value is -4.18. The summed E-state index contributed by atoms with van der Waals surface area (Å²) in [5.74, 6) is 1.57. The third-order valence-electron chi connectivity index (χ3n) is 8.63. The molecule has 1 saturated carbocycles. The van der Waals surface area contributed by atoms with Gasteiger partial charge in [0, 0.05) is 0 Å². The van der Waals surface area contributed by atoms with E-state index in [0.717, 1.165) is 59.7 Å². The average Bonchev–Trinajstić information content (AvgIpc) is 3.70. The molecule has 4 atom stereocenters. The number of hydrogen-bond donors (Lipinski definition) is 0. The van der Waals surface area contributed by atoms with Gasteiger partial charge < -0.3 is 9.47 Å². The lowest BCUT2D eigenvalue weighted by atomic mass is 9.73. The molecule has 0 radical (unpaired) electrons. The normalized spacial score (nSPS) is 25.4. The SMILES string of the molecule is c1ccc([C@H]2OC(C3(C4=N[C@@H](c5ccccc5)[C@@H](c5ccccc5)O4)CCCCC3)=N[C@H]2c2ccccc2)cc1. The monoisotopic (exact) mass is 526 g/mol. The van der Waals surface area contributed by atoms with E-state index in [2.05, 4.69) is 121 Å². The molecule has 0 spiro atoms. The van der Waals surface area contributed by atoms with Crippen molar-refractivity contribution in [3.8, 4) is 0 Å². The van der Waals surface area contributed by atoms with E-state index in [-0.39, 0.29) is 24.3 Å². The molecule has 2 aliphatic heterocycles. The minimum absolute atomic E-state index is 0.116. The van der Waals surface area contributed by atoms with Crippen LogP contribution >= 0.6 is 0 Å². The highest BCUT2D eigenvalue weighted by atomic mass is 16.5. The van der Waals surface area contributed by atoms with E-state index >= 15 is 0 Å². The fourth-order valence-electron chi connectivity index (χ4n) is 6.55. The van der Waals surface area contributed by atoms with Crippen LogP contribution in [0.5, 0.6) is 0 Å². The first kappa shape index (κ1) is 24.8. The van der Waals surface area contributed by atoms with Gasteiger partial charge in [-0.1, -0.05) is 141 Å². The molecule has 1 aliphatic carbocycles. The maximum absolute atomic E-state index is 6.94. The van der Waals surface area contributed by atoms with Crippen molar-refractivity contribution in [2.75, 3.05) is 0 Å². The Morgan fingerprint density at radius 2 is 0.800 bits per heavy atom. The Labute approximate surface area is 236 Å². The molecule has 3 aliphatic rings. The minimum Gasteiger partial charge on any atom is -0.469 e. The molecule has 200 valence electrons. The molecule has 2 heterocycles. The molecular weight excluding hydrogens is 492 g/mol. The lowest BCUT2D eigenvalue weighted by Crippen LogP contribution is -2.42. The van der Waals surface area contributed by atoms with Gasteiger partial charge in [0.2, 0.25) is 11.8 Å². The van der Waals surface area contributed by atoms with E-state index < -0.39 is 5.41 Å². The van der Waals surface area contributed by atoms with Gasteiger partial charge in [-0.15, -0.1) is 0 Å². The topological polar surface area (TPSA) is 43.2 Å². The largest absolute Gasteiger partial charge is 0.469 e. The second-order valence-electron chi connectivity index (χ2n) is 11.1. The third kappa shape index (κ3) is 4.52. The molecule has 0 amide bonds. The fourth-order valence-corrected chi connectivity index (χ4v) is 6.55. The van der Waals surface area contributed by atoms with Crippen molar-refractivity contribution in [2.24, 2.45) is 15.4 Å². The third-order valence-corrected chi connectivity index (χ3v) is 8.63. The maximum Gasteiger partial charge on any atom is 0.200 e. The number of hydrogen-bond acceptors (Lipinski definition) is 4. The lowest BCUT2D eigenvalue weighted by molar-refractivity contribution is 0.142. The summed E-state index contributed by atoms with van der Waals surface area (Å²) >= 11 is 0. The van der Waals surface area contributed by atoms with Crippen LogP contribution in [0, 0.1) is 5.41 Å². The van der Waals surface area contributed by atoms with Crippen molar-refractivity contribution in [1.29, 1.82) is 0 Å². The Balaban J connectivity index is 1.32. The number of rotatable bonds is 6. The molecule has 4 nitrogen and oxygen atoms in total. The second kappa shape index (κ2) is 10.8. The predicted octanol–water partition coefficient (Wildman–Crippen LogP) is 8.76. The quantitative estimate of drug-likeness (QED) is 0.252. The second-order valence-corrected chi connectivity index (χ2v) is 11.1. The number of benzene rings is 4. The molecule has 7 rings (SSSR count). The zero-order valence-electron chi connectivity index (χ0n) is 22.6. The lowest BCUT2D eigenvalue weighted by Gasteiger charge is -2.36. The van der Waals surface area contributed by atoms with Crippen molar-refractivity contribution >= 4 is 11.8 Å². The van der Waals surface area contributed by atoms with Crippen LogP contribution in [0.15, 0.2) is 131 Å². The summed E-state index contributed by atoms with van der Waals surface area (Å²) in [5.41, 5.74) is 4.14. The molecule has 1 fully saturated rings.